The Morgan fingerprint density at radius 1 is 1.00 bits per heavy atom. The number of methoxy groups -OCH3 is 1. The Morgan fingerprint density at radius 2 is 1.67 bits per heavy atom. The molecule has 6 heteroatoms. The fourth-order valence-corrected chi connectivity index (χ4v) is 3.91. The predicted molar refractivity (Wildman–Crippen MR) is 122 cm³/mol. The first-order valence-corrected chi connectivity index (χ1v) is 10.5. The number of hydrogen-bond donors (Lipinski definition) is 1. The van der Waals surface area contributed by atoms with Crippen molar-refractivity contribution in [3.8, 4) is 23.0 Å². The van der Waals surface area contributed by atoms with Crippen molar-refractivity contribution in [3.63, 3.8) is 0 Å². The van der Waals surface area contributed by atoms with Gasteiger partial charge in [-0.3, -0.25) is 0 Å². The molecule has 166 valence electrons. The smallest absolute Gasteiger partial charge is 0.407 e. The molecular formula is C27H22FNO4. The molecule has 3 aromatic rings. The summed E-state index contributed by atoms with van der Waals surface area (Å²) in [5.74, 6) is 4.25. The van der Waals surface area contributed by atoms with Crippen LogP contribution in [0.25, 0.3) is 11.1 Å². The van der Waals surface area contributed by atoms with Gasteiger partial charge in [0.2, 0.25) is 0 Å². The van der Waals surface area contributed by atoms with E-state index in [4.69, 9.17) is 4.74 Å². The summed E-state index contributed by atoms with van der Waals surface area (Å²) in [6.07, 6.45) is -0.142. The molecule has 1 aliphatic carbocycles. The number of ether oxygens (including phenoxy) is 2. The third-order valence-corrected chi connectivity index (χ3v) is 5.47. The van der Waals surface area contributed by atoms with Gasteiger partial charge in [-0.05, 0) is 40.5 Å². The molecule has 0 aromatic heterocycles. The summed E-state index contributed by atoms with van der Waals surface area (Å²) < 4.78 is 23.9. The monoisotopic (exact) mass is 443 g/mol. The van der Waals surface area contributed by atoms with Crippen LogP contribution in [0.5, 0.6) is 0 Å². The van der Waals surface area contributed by atoms with Crippen LogP contribution in [0.2, 0.25) is 0 Å². The van der Waals surface area contributed by atoms with Crippen LogP contribution in [0.3, 0.4) is 0 Å². The molecule has 0 aliphatic heterocycles. The highest BCUT2D eigenvalue weighted by molar-refractivity contribution is 5.89. The molecule has 0 radical (unpaired) electrons. The van der Waals surface area contributed by atoms with E-state index in [0.29, 0.717) is 18.5 Å². The maximum atomic E-state index is 13.9. The maximum absolute atomic E-state index is 13.9. The fraction of sp³-hybridized carbons (Fsp3) is 0.185. The van der Waals surface area contributed by atoms with E-state index in [2.05, 4.69) is 46.2 Å². The first kappa shape index (κ1) is 22.1. The number of nitrogens with one attached hydrogen (secondary N) is 1. The molecule has 5 nitrogen and oxygen atoms in total. The van der Waals surface area contributed by atoms with Crippen molar-refractivity contribution in [2.45, 2.75) is 12.3 Å². The van der Waals surface area contributed by atoms with E-state index in [1.54, 1.807) is 6.07 Å². The number of benzene rings is 3. The lowest BCUT2D eigenvalue weighted by Crippen LogP contribution is -2.26. The summed E-state index contributed by atoms with van der Waals surface area (Å²) in [4.78, 5) is 23.6. The number of halogens is 1. The molecule has 0 fully saturated rings. The van der Waals surface area contributed by atoms with E-state index < -0.39 is 17.9 Å². The molecule has 0 unspecified atom stereocenters. The highest BCUT2D eigenvalue weighted by Crippen LogP contribution is 2.44. The predicted octanol–water partition coefficient (Wildman–Crippen LogP) is 4.89. The Labute approximate surface area is 191 Å². The molecule has 0 saturated carbocycles. The molecule has 1 amide bonds. The van der Waals surface area contributed by atoms with Crippen molar-refractivity contribution in [2.24, 2.45) is 0 Å². The Morgan fingerprint density at radius 3 is 2.30 bits per heavy atom. The minimum Gasteiger partial charge on any atom is -0.465 e. The first-order chi connectivity index (χ1) is 16.1. The third-order valence-electron chi connectivity index (χ3n) is 5.47. The number of esters is 1. The van der Waals surface area contributed by atoms with Crippen LogP contribution >= 0.6 is 0 Å². The fourth-order valence-electron chi connectivity index (χ4n) is 3.91. The van der Waals surface area contributed by atoms with Crippen molar-refractivity contribution >= 4 is 12.1 Å². The average molecular weight is 443 g/mol. The van der Waals surface area contributed by atoms with E-state index in [0.717, 1.165) is 11.1 Å². The molecule has 1 aliphatic rings. The highest BCUT2D eigenvalue weighted by atomic mass is 19.1. The van der Waals surface area contributed by atoms with Crippen LogP contribution in [0.4, 0.5) is 9.18 Å². The number of amides is 1. The lowest BCUT2D eigenvalue weighted by molar-refractivity contribution is 0.0595. The molecular weight excluding hydrogens is 421 g/mol. The standard InChI is InChI=1S/C27H22FNO4/c1-32-26(30)23-14-13-18(16-25(23)28)8-6-7-15-29-27(31)33-17-24-21-11-4-2-9-19(21)20-10-3-5-12-22(20)24/h2-5,9-14,16,24H,7,15,17H2,1H3,(H,29,31). The summed E-state index contributed by atoms with van der Waals surface area (Å²) in [7, 11) is 1.19. The zero-order chi connectivity index (χ0) is 23.2. The van der Waals surface area contributed by atoms with E-state index in [9.17, 15) is 14.0 Å². The summed E-state index contributed by atoms with van der Waals surface area (Å²) in [5, 5.41) is 2.68. The van der Waals surface area contributed by atoms with Gasteiger partial charge in [-0.25, -0.2) is 14.0 Å². The van der Waals surface area contributed by atoms with Crippen LogP contribution in [-0.2, 0) is 9.47 Å². The second-order valence-corrected chi connectivity index (χ2v) is 7.49. The minimum absolute atomic E-state index is 0.00537. The van der Waals surface area contributed by atoms with Crippen molar-refractivity contribution in [3.05, 3.63) is 94.8 Å². The van der Waals surface area contributed by atoms with E-state index in [1.807, 2.05) is 24.3 Å². The van der Waals surface area contributed by atoms with Gasteiger partial charge in [0.15, 0.2) is 0 Å². The number of carbonyl (C=O) groups is 2. The molecule has 0 heterocycles. The molecule has 0 saturated heterocycles. The molecule has 0 spiro atoms. The van der Waals surface area contributed by atoms with Crippen LogP contribution < -0.4 is 5.32 Å². The average Bonchev–Trinajstić information content (AvgIpc) is 3.16. The van der Waals surface area contributed by atoms with Gasteiger partial charge < -0.3 is 14.8 Å². The Hall–Kier alpha value is -4.11. The zero-order valence-corrected chi connectivity index (χ0v) is 18.1. The van der Waals surface area contributed by atoms with Crippen LogP contribution in [0.1, 0.15) is 39.4 Å². The van der Waals surface area contributed by atoms with Gasteiger partial charge in [0.1, 0.15) is 12.4 Å². The third kappa shape index (κ3) is 4.88. The zero-order valence-electron chi connectivity index (χ0n) is 18.1. The summed E-state index contributed by atoms with van der Waals surface area (Å²) in [6, 6.07) is 20.4. The maximum Gasteiger partial charge on any atom is 0.407 e. The molecule has 0 atom stereocenters. The normalized spacial score (nSPS) is 11.6. The van der Waals surface area contributed by atoms with Gasteiger partial charge in [0.05, 0.1) is 12.7 Å². The SMILES string of the molecule is COC(=O)c1ccc(C#CCCNC(=O)OCC2c3ccccc3-c3ccccc32)cc1F. The van der Waals surface area contributed by atoms with Gasteiger partial charge >= 0.3 is 12.1 Å². The summed E-state index contributed by atoms with van der Waals surface area (Å²) >= 11 is 0. The number of rotatable bonds is 5. The number of alkyl carbamates (subject to hydrolysis) is 1. The van der Waals surface area contributed by atoms with Gasteiger partial charge in [-0.1, -0.05) is 60.4 Å². The highest BCUT2D eigenvalue weighted by Gasteiger charge is 2.28. The molecule has 3 aromatic carbocycles. The van der Waals surface area contributed by atoms with Crippen LogP contribution in [-0.4, -0.2) is 32.3 Å². The van der Waals surface area contributed by atoms with Gasteiger partial charge in [0, 0.05) is 24.4 Å². The van der Waals surface area contributed by atoms with Gasteiger partial charge in [-0.2, -0.15) is 0 Å². The van der Waals surface area contributed by atoms with E-state index >= 15 is 0 Å². The molecule has 33 heavy (non-hydrogen) atoms. The lowest BCUT2D eigenvalue weighted by Gasteiger charge is -2.14. The Balaban J connectivity index is 1.27. The second kappa shape index (κ2) is 10.0. The van der Waals surface area contributed by atoms with E-state index in [1.165, 1.54) is 30.4 Å². The second-order valence-electron chi connectivity index (χ2n) is 7.49. The van der Waals surface area contributed by atoms with Crippen molar-refractivity contribution < 1.29 is 23.5 Å². The number of carbonyl (C=O) groups excluding carboxylic acids is 2. The summed E-state index contributed by atoms with van der Waals surface area (Å²) in [6.45, 7) is 0.545. The molecule has 0 bridgehead atoms. The van der Waals surface area contributed by atoms with Crippen molar-refractivity contribution in [1.29, 1.82) is 0 Å². The van der Waals surface area contributed by atoms with Gasteiger partial charge in [0.25, 0.3) is 0 Å². The Kier molecular flexibility index (Phi) is 6.70. The van der Waals surface area contributed by atoms with Crippen LogP contribution in [0, 0.1) is 17.7 Å². The number of hydrogen-bond acceptors (Lipinski definition) is 4. The quantitative estimate of drug-likeness (QED) is 0.346. The summed E-state index contributed by atoms with van der Waals surface area (Å²) in [5.41, 5.74) is 4.95. The molecule has 4 rings (SSSR count). The van der Waals surface area contributed by atoms with E-state index in [-0.39, 0.29) is 18.1 Å². The van der Waals surface area contributed by atoms with Crippen molar-refractivity contribution in [2.75, 3.05) is 20.3 Å². The lowest BCUT2D eigenvalue weighted by atomic mass is 9.98. The minimum atomic E-state index is -0.737. The number of fused-ring (bicyclic) bond motifs is 3. The first-order valence-electron chi connectivity index (χ1n) is 10.5. The molecule has 1 N–H and O–H groups in total. The largest absolute Gasteiger partial charge is 0.465 e. The van der Waals surface area contributed by atoms with Crippen molar-refractivity contribution in [1.82, 2.24) is 5.32 Å². The van der Waals surface area contributed by atoms with Crippen LogP contribution in [0.15, 0.2) is 66.7 Å². The van der Waals surface area contributed by atoms with Gasteiger partial charge in [-0.15, -0.1) is 0 Å². The topological polar surface area (TPSA) is 64.6 Å². The Bertz CT molecular complexity index is 1210.